The van der Waals surface area contributed by atoms with E-state index in [0.29, 0.717) is 23.7 Å². The quantitative estimate of drug-likeness (QED) is 0.527. The van der Waals surface area contributed by atoms with Gasteiger partial charge in [-0.15, -0.1) is 0 Å². The van der Waals surface area contributed by atoms with Crippen molar-refractivity contribution in [3.63, 3.8) is 0 Å². The fourth-order valence-corrected chi connectivity index (χ4v) is 5.31. The molecule has 140 valence electrons. The van der Waals surface area contributed by atoms with Gasteiger partial charge in [-0.3, -0.25) is 0 Å². The van der Waals surface area contributed by atoms with E-state index in [-0.39, 0.29) is 17.9 Å². The second-order valence-electron chi connectivity index (χ2n) is 8.82. The maximum atomic E-state index is 15.0. The Morgan fingerprint density at radius 1 is 0.833 bits per heavy atom. The fourth-order valence-electron chi connectivity index (χ4n) is 5.31. The van der Waals surface area contributed by atoms with Crippen LogP contribution in [0.15, 0.2) is 12.2 Å². The predicted octanol–water partition coefficient (Wildman–Crippen LogP) is 6.54. The topological polar surface area (TPSA) is 9.23 Å². The average Bonchev–Trinajstić information content (AvgIpc) is 2.43. The second-order valence-corrected chi connectivity index (χ2v) is 8.82. The van der Waals surface area contributed by atoms with E-state index in [2.05, 4.69) is 26.8 Å². The van der Waals surface area contributed by atoms with Crippen molar-refractivity contribution < 1.29 is 13.5 Å². The van der Waals surface area contributed by atoms with E-state index in [4.69, 9.17) is 4.74 Å². The third-order valence-corrected chi connectivity index (χ3v) is 6.82. The molecule has 4 atom stereocenters. The van der Waals surface area contributed by atoms with Crippen molar-refractivity contribution >= 4 is 0 Å². The molecular weight excluding hydrogens is 306 g/mol. The first-order valence-electron chi connectivity index (χ1n) is 9.84. The van der Waals surface area contributed by atoms with Crippen LogP contribution in [0.4, 0.5) is 8.78 Å². The van der Waals surface area contributed by atoms with Crippen LogP contribution in [0.3, 0.4) is 0 Å². The van der Waals surface area contributed by atoms with E-state index in [1.807, 2.05) is 26.8 Å². The summed E-state index contributed by atoms with van der Waals surface area (Å²) in [5.41, 5.74) is 0. The zero-order valence-corrected chi connectivity index (χ0v) is 16.3. The Labute approximate surface area is 147 Å². The molecule has 1 nitrogen and oxygen atoms in total. The smallest absolute Gasteiger partial charge is 0.317 e. The molecule has 2 fully saturated rings. The first-order chi connectivity index (χ1) is 11.2. The van der Waals surface area contributed by atoms with Gasteiger partial charge in [-0.1, -0.05) is 46.8 Å². The van der Waals surface area contributed by atoms with Gasteiger partial charge in [0.1, 0.15) is 0 Å². The minimum atomic E-state index is -3.01. The highest BCUT2D eigenvalue weighted by Crippen LogP contribution is 2.48. The molecule has 0 bridgehead atoms. The Balaban J connectivity index is 2.04. The molecule has 0 radical (unpaired) electrons. The van der Waals surface area contributed by atoms with Crippen LogP contribution in [-0.2, 0) is 4.74 Å². The van der Waals surface area contributed by atoms with Gasteiger partial charge in [0.25, 0.3) is 0 Å². The second kappa shape index (κ2) is 7.85. The lowest BCUT2D eigenvalue weighted by molar-refractivity contribution is -0.319. The van der Waals surface area contributed by atoms with Crippen LogP contribution >= 0.6 is 0 Å². The van der Waals surface area contributed by atoms with Crippen LogP contribution in [0.25, 0.3) is 0 Å². The summed E-state index contributed by atoms with van der Waals surface area (Å²) in [6, 6.07) is 0. The van der Waals surface area contributed by atoms with Crippen LogP contribution < -0.4 is 0 Å². The lowest BCUT2D eigenvalue weighted by Crippen LogP contribution is -2.47. The molecule has 0 aromatic carbocycles. The molecule has 3 heteroatoms. The number of hydrogen-bond donors (Lipinski definition) is 0. The molecular formula is C21H36F2O. The molecule has 0 amide bonds. The third kappa shape index (κ3) is 4.39. The van der Waals surface area contributed by atoms with Crippen molar-refractivity contribution in [2.45, 2.75) is 79.4 Å². The first-order valence-corrected chi connectivity index (χ1v) is 9.84. The van der Waals surface area contributed by atoms with Crippen molar-refractivity contribution in [3.05, 3.63) is 12.2 Å². The summed E-state index contributed by atoms with van der Waals surface area (Å²) in [6.07, 6.45) is 4.12. The molecule has 2 aliphatic rings. The molecule has 0 spiro atoms. The van der Waals surface area contributed by atoms with E-state index in [1.165, 1.54) is 0 Å². The van der Waals surface area contributed by atoms with E-state index in [1.54, 1.807) is 0 Å². The average molecular weight is 343 g/mol. The Bertz CT molecular complexity index is 410. The van der Waals surface area contributed by atoms with Crippen LogP contribution in [0.1, 0.15) is 67.2 Å². The molecule has 24 heavy (non-hydrogen) atoms. The number of hydrogen-bond acceptors (Lipinski definition) is 1. The summed E-state index contributed by atoms with van der Waals surface area (Å²) in [5.74, 6) is 1.24. The summed E-state index contributed by atoms with van der Waals surface area (Å²) < 4.78 is 35.5. The monoisotopic (exact) mass is 342 g/mol. The molecule has 0 aromatic rings. The van der Waals surface area contributed by atoms with E-state index in [9.17, 15) is 0 Å². The van der Waals surface area contributed by atoms with Gasteiger partial charge in [0.15, 0.2) is 0 Å². The molecule has 0 N–H and O–H groups in total. The molecule has 0 saturated heterocycles. The molecule has 0 heterocycles. The van der Waals surface area contributed by atoms with Gasteiger partial charge in [0, 0.05) is 0 Å². The molecule has 4 unspecified atom stereocenters. The standard InChI is InChI=1S/C21H36F2O/c1-7-8-18-9-15(4)20(16(5)10-18)21(22,23)24-19-11-13(2)17(6)14(3)12-19/h7-8,13-20H,9-12H2,1-6H3/b8-7+. The number of alkyl halides is 2. The zero-order valence-electron chi connectivity index (χ0n) is 16.3. The van der Waals surface area contributed by atoms with Gasteiger partial charge in [0.05, 0.1) is 12.0 Å². The highest BCUT2D eigenvalue weighted by Gasteiger charge is 2.51. The van der Waals surface area contributed by atoms with Crippen molar-refractivity contribution in [1.29, 1.82) is 0 Å². The number of halogens is 2. The fraction of sp³-hybridized carbons (Fsp3) is 0.905. The minimum absolute atomic E-state index is 0.0117. The lowest BCUT2D eigenvalue weighted by atomic mass is 9.68. The van der Waals surface area contributed by atoms with Gasteiger partial charge in [-0.05, 0) is 68.1 Å². The number of rotatable bonds is 4. The molecule has 0 aromatic heterocycles. The summed E-state index contributed by atoms with van der Waals surface area (Å²) in [6.45, 7) is 12.5. The van der Waals surface area contributed by atoms with Crippen molar-refractivity contribution in [2.75, 3.05) is 0 Å². The molecule has 2 aliphatic carbocycles. The third-order valence-electron chi connectivity index (χ3n) is 6.82. The van der Waals surface area contributed by atoms with E-state index >= 15 is 8.78 Å². The van der Waals surface area contributed by atoms with Crippen LogP contribution in [0.5, 0.6) is 0 Å². The normalized spacial score (nSPS) is 44.8. The van der Waals surface area contributed by atoms with Crippen LogP contribution in [0, 0.1) is 41.4 Å². The summed E-state index contributed by atoms with van der Waals surface area (Å²) >= 11 is 0. The largest absolute Gasteiger partial charge is 0.359 e. The zero-order chi connectivity index (χ0) is 18.1. The maximum absolute atomic E-state index is 15.0. The van der Waals surface area contributed by atoms with Crippen molar-refractivity contribution in [2.24, 2.45) is 41.4 Å². The van der Waals surface area contributed by atoms with Gasteiger partial charge < -0.3 is 4.74 Å². The Kier molecular flexibility index (Phi) is 6.50. The molecule has 2 saturated carbocycles. The Hall–Kier alpha value is -0.440. The Morgan fingerprint density at radius 2 is 1.33 bits per heavy atom. The van der Waals surface area contributed by atoms with Gasteiger partial charge in [-0.2, -0.15) is 8.78 Å². The molecule has 2 rings (SSSR count). The first kappa shape index (κ1) is 19.9. The minimum Gasteiger partial charge on any atom is -0.317 e. The van der Waals surface area contributed by atoms with Gasteiger partial charge in [-0.25, -0.2) is 0 Å². The SMILES string of the molecule is C/C=C/C1CC(C)C(C(F)(F)OC2CC(C)C(C)C(C)C2)C(C)C1. The highest BCUT2D eigenvalue weighted by molar-refractivity contribution is 4.95. The number of ether oxygens (including phenoxy) is 1. The Morgan fingerprint density at radius 3 is 1.79 bits per heavy atom. The predicted molar refractivity (Wildman–Crippen MR) is 95.9 cm³/mol. The summed E-state index contributed by atoms with van der Waals surface area (Å²) in [4.78, 5) is 0. The summed E-state index contributed by atoms with van der Waals surface area (Å²) in [7, 11) is 0. The van der Waals surface area contributed by atoms with Crippen LogP contribution in [-0.4, -0.2) is 12.2 Å². The van der Waals surface area contributed by atoms with E-state index in [0.717, 1.165) is 25.7 Å². The highest BCUT2D eigenvalue weighted by atomic mass is 19.3. The van der Waals surface area contributed by atoms with Gasteiger partial charge in [0.2, 0.25) is 0 Å². The van der Waals surface area contributed by atoms with Crippen LogP contribution in [0.2, 0.25) is 0 Å². The maximum Gasteiger partial charge on any atom is 0.359 e. The summed E-state index contributed by atoms with van der Waals surface area (Å²) in [5, 5.41) is 0. The number of allylic oxidation sites excluding steroid dienone is 2. The molecule has 0 aliphatic heterocycles. The van der Waals surface area contributed by atoms with Gasteiger partial charge >= 0.3 is 6.11 Å². The van der Waals surface area contributed by atoms with Crippen molar-refractivity contribution in [1.82, 2.24) is 0 Å². The lowest BCUT2D eigenvalue weighted by Gasteiger charge is -2.44. The van der Waals surface area contributed by atoms with E-state index < -0.39 is 12.0 Å². The van der Waals surface area contributed by atoms with Crippen molar-refractivity contribution in [3.8, 4) is 0 Å².